The lowest BCUT2D eigenvalue weighted by atomic mass is 10.2. The number of pyridine rings is 1. The molecule has 0 radical (unpaired) electrons. The maximum Gasteiger partial charge on any atom is 0.337 e. The lowest BCUT2D eigenvalue weighted by Gasteiger charge is -2.12. The second kappa shape index (κ2) is 9.06. The van der Waals surface area contributed by atoms with E-state index in [-0.39, 0.29) is 12.6 Å². The van der Waals surface area contributed by atoms with Crippen molar-refractivity contribution < 1.29 is 9.15 Å². The van der Waals surface area contributed by atoms with Crippen molar-refractivity contribution >= 4 is 11.0 Å². The van der Waals surface area contributed by atoms with E-state index in [9.17, 15) is 9.59 Å². The van der Waals surface area contributed by atoms with Crippen LogP contribution in [0.2, 0.25) is 0 Å². The predicted molar refractivity (Wildman–Crippen MR) is 133 cm³/mol. The van der Waals surface area contributed by atoms with Gasteiger partial charge in [0, 0.05) is 11.8 Å². The van der Waals surface area contributed by atoms with Crippen molar-refractivity contribution in [3.63, 3.8) is 0 Å². The topological polar surface area (TPSA) is 92.2 Å². The van der Waals surface area contributed by atoms with Crippen LogP contribution in [-0.2, 0) is 6.54 Å². The molecule has 8 heteroatoms. The van der Waals surface area contributed by atoms with Gasteiger partial charge in [0.15, 0.2) is 5.65 Å². The number of para-hydroxylation sites is 1. The summed E-state index contributed by atoms with van der Waals surface area (Å²) >= 11 is 0. The van der Waals surface area contributed by atoms with E-state index in [4.69, 9.17) is 9.15 Å². The fourth-order valence-corrected chi connectivity index (χ4v) is 3.93. The SMILES string of the molecule is Cc1oc(-c2ccc(OC(C)C)cc2)nc1Cn1c(=O)c2cccnc2n(-c2ccccc2)c1=O. The molecule has 5 rings (SSSR count). The van der Waals surface area contributed by atoms with Crippen molar-refractivity contribution in [1.82, 2.24) is 19.1 Å². The molecule has 3 heterocycles. The normalized spacial score (nSPS) is 11.3. The molecule has 3 aromatic heterocycles. The highest BCUT2D eigenvalue weighted by Gasteiger charge is 2.19. The molecule has 0 aliphatic rings. The third-order valence-electron chi connectivity index (χ3n) is 5.58. The zero-order valence-corrected chi connectivity index (χ0v) is 19.6. The van der Waals surface area contributed by atoms with Crippen LogP contribution in [0.3, 0.4) is 0 Å². The molecule has 0 spiro atoms. The summed E-state index contributed by atoms with van der Waals surface area (Å²) in [5, 5.41) is 0.345. The molecule has 35 heavy (non-hydrogen) atoms. The van der Waals surface area contributed by atoms with Crippen LogP contribution < -0.4 is 16.0 Å². The average molecular weight is 469 g/mol. The van der Waals surface area contributed by atoms with Gasteiger partial charge in [0.1, 0.15) is 17.2 Å². The largest absolute Gasteiger partial charge is 0.491 e. The number of ether oxygens (including phenoxy) is 1. The Kier molecular flexibility index (Phi) is 5.78. The molecule has 0 amide bonds. The Hall–Kier alpha value is -4.46. The minimum absolute atomic E-state index is 0.0286. The second-order valence-electron chi connectivity index (χ2n) is 8.43. The number of rotatable bonds is 6. The first-order valence-electron chi connectivity index (χ1n) is 11.3. The molecule has 0 saturated carbocycles. The van der Waals surface area contributed by atoms with E-state index in [2.05, 4.69) is 9.97 Å². The number of aryl methyl sites for hydroxylation is 1. The Morgan fingerprint density at radius 1 is 0.971 bits per heavy atom. The van der Waals surface area contributed by atoms with E-state index in [0.717, 1.165) is 11.3 Å². The number of benzene rings is 2. The summed E-state index contributed by atoms with van der Waals surface area (Å²) in [4.78, 5) is 35.7. The van der Waals surface area contributed by atoms with Gasteiger partial charge in [-0.05, 0) is 69.3 Å². The van der Waals surface area contributed by atoms with E-state index in [0.29, 0.717) is 34.1 Å². The number of oxazole rings is 1. The van der Waals surface area contributed by atoms with Crippen molar-refractivity contribution in [2.75, 3.05) is 0 Å². The van der Waals surface area contributed by atoms with Crippen molar-refractivity contribution in [3.05, 3.63) is 105 Å². The smallest absolute Gasteiger partial charge is 0.337 e. The summed E-state index contributed by atoms with van der Waals surface area (Å²) in [6.45, 7) is 5.67. The second-order valence-corrected chi connectivity index (χ2v) is 8.43. The Morgan fingerprint density at radius 2 is 1.71 bits per heavy atom. The zero-order valence-electron chi connectivity index (χ0n) is 19.6. The molecule has 0 aliphatic heterocycles. The van der Waals surface area contributed by atoms with E-state index < -0.39 is 11.2 Å². The Morgan fingerprint density at radius 3 is 2.43 bits per heavy atom. The van der Waals surface area contributed by atoms with Crippen LogP contribution in [0, 0.1) is 6.92 Å². The highest BCUT2D eigenvalue weighted by Crippen LogP contribution is 2.25. The number of fused-ring (bicyclic) bond motifs is 1. The average Bonchev–Trinajstić information content (AvgIpc) is 3.23. The van der Waals surface area contributed by atoms with Crippen LogP contribution in [0.25, 0.3) is 28.2 Å². The Bertz CT molecular complexity index is 1610. The van der Waals surface area contributed by atoms with Crippen molar-refractivity contribution in [2.45, 2.75) is 33.4 Å². The van der Waals surface area contributed by atoms with Gasteiger partial charge >= 0.3 is 5.69 Å². The molecule has 0 bridgehead atoms. The molecular weight excluding hydrogens is 444 g/mol. The van der Waals surface area contributed by atoms with Gasteiger partial charge < -0.3 is 9.15 Å². The van der Waals surface area contributed by atoms with E-state index in [1.54, 1.807) is 37.4 Å². The summed E-state index contributed by atoms with van der Waals surface area (Å²) in [6.07, 6.45) is 1.64. The summed E-state index contributed by atoms with van der Waals surface area (Å²) in [5.74, 6) is 1.70. The lowest BCUT2D eigenvalue weighted by molar-refractivity contribution is 0.242. The van der Waals surface area contributed by atoms with Gasteiger partial charge in [-0.1, -0.05) is 18.2 Å². The number of hydrogen-bond donors (Lipinski definition) is 0. The van der Waals surface area contributed by atoms with Crippen LogP contribution >= 0.6 is 0 Å². The fourth-order valence-electron chi connectivity index (χ4n) is 3.93. The fraction of sp³-hybridized carbons (Fsp3) is 0.185. The molecule has 2 aromatic carbocycles. The molecule has 0 fully saturated rings. The number of nitrogens with zero attached hydrogens (tertiary/aromatic N) is 4. The van der Waals surface area contributed by atoms with Crippen molar-refractivity contribution in [3.8, 4) is 22.9 Å². The van der Waals surface area contributed by atoms with Gasteiger partial charge in [0.25, 0.3) is 5.56 Å². The third kappa shape index (κ3) is 4.26. The summed E-state index contributed by atoms with van der Waals surface area (Å²) in [6, 6.07) is 19.9. The first-order chi connectivity index (χ1) is 16.9. The predicted octanol–water partition coefficient (Wildman–Crippen LogP) is 4.35. The number of aromatic nitrogens is 4. The first-order valence-corrected chi connectivity index (χ1v) is 11.3. The van der Waals surface area contributed by atoms with Crippen LogP contribution in [0.15, 0.2) is 86.9 Å². The molecule has 0 unspecified atom stereocenters. The first kappa shape index (κ1) is 22.3. The molecular formula is C27H24N4O4. The van der Waals surface area contributed by atoms with Gasteiger partial charge in [-0.3, -0.25) is 9.36 Å². The zero-order chi connectivity index (χ0) is 24.5. The van der Waals surface area contributed by atoms with E-state index in [1.165, 1.54) is 9.13 Å². The van der Waals surface area contributed by atoms with Gasteiger partial charge in [-0.15, -0.1) is 0 Å². The Balaban J connectivity index is 1.57. The minimum Gasteiger partial charge on any atom is -0.491 e. The van der Waals surface area contributed by atoms with Gasteiger partial charge in [-0.25, -0.2) is 19.3 Å². The third-order valence-corrected chi connectivity index (χ3v) is 5.58. The molecule has 0 atom stereocenters. The summed E-state index contributed by atoms with van der Waals surface area (Å²) in [5.41, 5.74) is 1.29. The molecule has 8 nitrogen and oxygen atoms in total. The maximum absolute atomic E-state index is 13.5. The lowest BCUT2D eigenvalue weighted by Crippen LogP contribution is -2.40. The van der Waals surface area contributed by atoms with Gasteiger partial charge in [-0.2, -0.15) is 0 Å². The molecule has 5 aromatic rings. The molecule has 0 saturated heterocycles. The van der Waals surface area contributed by atoms with Crippen LogP contribution in [0.1, 0.15) is 25.3 Å². The Labute approximate surface area is 201 Å². The summed E-state index contributed by atoms with van der Waals surface area (Å²) in [7, 11) is 0. The minimum atomic E-state index is -0.494. The van der Waals surface area contributed by atoms with Gasteiger partial charge in [0.05, 0.1) is 23.7 Å². The van der Waals surface area contributed by atoms with Crippen molar-refractivity contribution in [1.29, 1.82) is 0 Å². The monoisotopic (exact) mass is 468 g/mol. The number of hydrogen-bond acceptors (Lipinski definition) is 6. The van der Waals surface area contributed by atoms with Crippen molar-refractivity contribution in [2.24, 2.45) is 0 Å². The van der Waals surface area contributed by atoms with Crippen LogP contribution in [0.5, 0.6) is 5.75 Å². The maximum atomic E-state index is 13.5. The van der Waals surface area contributed by atoms with Gasteiger partial charge in [0.2, 0.25) is 5.89 Å². The van der Waals surface area contributed by atoms with E-state index >= 15 is 0 Å². The van der Waals surface area contributed by atoms with Crippen LogP contribution in [-0.4, -0.2) is 25.2 Å². The molecule has 0 aliphatic carbocycles. The van der Waals surface area contributed by atoms with E-state index in [1.807, 2.05) is 56.3 Å². The standard InChI is InChI=1S/C27H24N4O4/c1-17(2)34-21-13-11-19(12-14-21)25-29-23(18(3)35-25)16-30-26(32)22-10-7-15-28-24(22)31(27(30)33)20-8-5-4-6-9-20/h4-15,17H,16H2,1-3H3. The highest BCUT2D eigenvalue weighted by molar-refractivity contribution is 5.75. The quantitative estimate of drug-likeness (QED) is 0.368. The summed E-state index contributed by atoms with van der Waals surface area (Å²) < 4.78 is 14.2. The molecule has 0 N–H and O–H groups in total. The highest BCUT2D eigenvalue weighted by atomic mass is 16.5. The molecule has 176 valence electrons. The van der Waals surface area contributed by atoms with Crippen LogP contribution in [0.4, 0.5) is 0 Å².